The highest BCUT2D eigenvalue weighted by atomic mass is 32.2. The van der Waals surface area contributed by atoms with Gasteiger partial charge in [0.2, 0.25) is 0 Å². The molecule has 0 aliphatic carbocycles. The second kappa shape index (κ2) is 2.34. The van der Waals surface area contributed by atoms with E-state index in [9.17, 15) is 8.42 Å². The van der Waals surface area contributed by atoms with Gasteiger partial charge in [0.05, 0.1) is 0 Å². The summed E-state index contributed by atoms with van der Waals surface area (Å²) in [5.41, 5.74) is 0. The molecular weight excluding hydrogens is 152 g/mol. The zero-order valence-corrected chi connectivity index (χ0v) is 6.09. The minimum Gasteiger partial charge on any atom is -0.243 e. The lowest BCUT2D eigenvalue weighted by Crippen LogP contribution is -1.98. The fraction of sp³-hybridized carbons (Fsp3) is 0.200. The molecule has 0 bridgehead atoms. The lowest BCUT2D eigenvalue weighted by Gasteiger charge is -1.91. The van der Waals surface area contributed by atoms with Gasteiger partial charge in [0.15, 0.2) is 9.84 Å². The van der Waals surface area contributed by atoms with Crippen LogP contribution in [-0.4, -0.2) is 24.6 Å². The van der Waals surface area contributed by atoms with Crippen LogP contribution in [0.3, 0.4) is 0 Å². The monoisotopic (exact) mass is 157 g/mol. The molecule has 53 valence electrons. The minimum atomic E-state index is -3.18. The van der Waals surface area contributed by atoms with Gasteiger partial charge in [0, 0.05) is 12.5 Å². The van der Waals surface area contributed by atoms with E-state index in [0.717, 1.165) is 6.26 Å². The third kappa shape index (κ3) is 1.51. The van der Waals surface area contributed by atoms with Gasteiger partial charge in [0.25, 0.3) is 0 Å². The zero-order valence-electron chi connectivity index (χ0n) is 5.27. The van der Waals surface area contributed by atoms with Crippen LogP contribution in [0.5, 0.6) is 0 Å². The molecule has 10 heavy (non-hydrogen) atoms. The van der Waals surface area contributed by atoms with Crippen molar-refractivity contribution in [2.24, 2.45) is 0 Å². The molecular formula is C5H5N2O2S. The van der Waals surface area contributed by atoms with Crippen LogP contribution < -0.4 is 0 Å². The average molecular weight is 157 g/mol. The Labute approximate surface area is 58.9 Å². The lowest BCUT2D eigenvalue weighted by atomic mass is 10.7. The Morgan fingerprint density at radius 3 is 2.60 bits per heavy atom. The number of hydrogen-bond acceptors (Lipinski definition) is 4. The topological polar surface area (TPSA) is 59.9 Å². The Bertz CT molecular complexity index is 306. The van der Waals surface area contributed by atoms with E-state index in [1.165, 1.54) is 12.5 Å². The highest BCUT2D eigenvalue weighted by molar-refractivity contribution is 7.90. The highest BCUT2D eigenvalue weighted by Gasteiger charge is 2.05. The van der Waals surface area contributed by atoms with E-state index in [1.807, 2.05) is 0 Å². The number of hydrogen-bond donors (Lipinski definition) is 0. The average Bonchev–Trinajstić information content (AvgIpc) is 1.88. The molecule has 0 aromatic carbocycles. The molecule has 1 aromatic rings. The Balaban J connectivity index is 3.22. The van der Waals surface area contributed by atoms with Gasteiger partial charge in [-0.05, 0) is 0 Å². The zero-order chi connectivity index (χ0) is 7.61. The van der Waals surface area contributed by atoms with Crippen LogP contribution in [0.25, 0.3) is 0 Å². The molecule has 0 amide bonds. The molecule has 0 atom stereocenters. The molecule has 1 radical (unpaired) electrons. The second-order valence-electron chi connectivity index (χ2n) is 1.77. The molecule has 0 saturated heterocycles. The third-order valence-electron chi connectivity index (χ3n) is 0.890. The fourth-order valence-corrected chi connectivity index (χ4v) is 0.905. The van der Waals surface area contributed by atoms with E-state index < -0.39 is 9.84 Å². The van der Waals surface area contributed by atoms with Crippen molar-refractivity contribution in [2.75, 3.05) is 6.26 Å². The first-order chi connectivity index (χ1) is 4.61. The van der Waals surface area contributed by atoms with Crippen molar-refractivity contribution in [1.82, 2.24) is 9.97 Å². The molecule has 0 unspecified atom stereocenters. The summed E-state index contributed by atoms with van der Waals surface area (Å²) in [7, 11) is -3.18. The molecule has 0 saturated carbocycles. The molecule has 0 N–H and O–H groups in total. The number of nitrogens with zero attached hydrogens (tertiary/aromatic N) is 2. The summed E-state index contributed by atoms with van der Waals surface area (Å²) in [6, 6.07) is 0. The van der Waals surface area contributed by atoms with Gasteiger partial charge in [-0.25, -0.2) is 18.4 Å². The minimum absolute atomic E-state index is 0.0231. The second-order valence-corrected chi connectivity index (χ2v) is 3.76. The van der Waals surface area contributed by atoms with Gasteiger partial charge >= 0.3 is 0 Å². The first-order valence-electron chi connectivity index (χ1n) is 2.48. The maximum Gasteiger partial charge on any atom is 0.179 e. The number of sulfone groups is 1. The Kier molecular flexibility index (Phi) is 1.67. The van der Waals surface area contributed by atoms with Crippen molar-refractivity contribution in [1.29, 1.82) is 0 Å². The van der Waals surface area contributed by atoms with Crippen LogP contribution >= 0.6 is 0 Å². The van der Waals surface area contributed by atoms with E-state index >= 15 is 0 Å². The summed E-state index contributed by atoms with van der Waals surface area (Å²) in [5, 5.41) is 0. The van der Waals surface area contributed by atoms with Gasteiger partial charge in [-0.1, -0.05) is 0 Å². The Morgan fingerprint density at radius 2 is 2.30 bits per heavy atom. The summed E-state index contributed by atoms with van der Waals surface area (Å²) in [6.07, 6.45) is 5.83. The van der Waals surface area contributed by atoms with Gasteiger partial charge in [-0.2, -0.15) is 0 Å². The maximum atomic E-state index is 10.7. The van der Waals surface area contributed by atoms with Crippen molar-refractivity contribution < 1.29 is 8.42 Å². The number of aromatic nitrogens is 2. The summed E-state index contributed by atoms with van der Waals surface area (Å²) in [5.74, 6) is 0. The summed E-state index contributed by atoms with van der Waals surface area (Å²) in [6.45, 7) is 0. The van der Waals surface area contributed by atoms with Crippen molar-refractivity contribution in [3.8, 4) is 0 Å². The van der Waals surface area contributed by atoms with Crippen molar-refractivity contribution in [3.63, 3.8) is 0 Å². The molecule has 1 aromatic heterocycles. The first-order valence-corrected chi connectivity index (χ1v) is 4.37. The fourth-order valence-electron chi connectivity index (χ4n) is 0.434. The summed E-state index contributed by atoms with van der Waals surface area (Å²) < 4.78 is 21.4. The van der Waals surface area contributed by atoms with Crippen LogP contribution in [0.1, 0.15) is 0 Å². The summed E-state index contributed by atoms with van der Waals surface area (Å²) in [4.78, 5) is 6.99. The molecule has 5 heteroatoms. The maximum absolute atomic E-state index is 10.7. The van der Waals surface area contributed by atoms with Crippen molar-refractivity contribution in [2.45, 2.75) is 4.90 Å². The first kappa shape index (κ1) is 7.14. The third-order valence-corrected chi connectivity index (χ3v) is 1.89. The van der Waals surface area contributed by atoms with Crippen LogP contribution in [0.15, 0.2) is 17.4 Å². The van der Waals surface area contributed by atoms with Gasteiger partial charge in [-0.15, -0.1) is 0 Å². The van der Waals surface area contributed by atoms with E-state index in [2.05, 4.69) is 16.2 Å². The van der Waals surface area contributed by atoms with Crippen LogP contribution in [0.4, 0.5) is 0 Å². The summed E-state index contributed by atoms with van der Waals surface area (Å²) >= 11 is 0. The molecule has 0 aliphatic rings. The van der Waals surface area contributed by atoms with Crippen LogP contribution in [-0.2, 0) is 9.84 Å². The molecule has 1 heterocycles. The van der Waals surface area contributed by atoms with Crippen LogP contribution in [0.2, 0.25) is 0 Å². The normalized spacial score (nSPS) is 11.3. The Hall–Kier alpha value is -0.970. The van der Waals surface area contributed by atoms with Gasteiger partial charge in [-0.3, -0.25) is 0 Å². The predicted octanol–water partition coefficient (Wildman–Crippen LogP) is -0.320. The molecule has 0 spiro atoms. The Morgan fingerprint density at radius 1 is 1.60 bits per heavy atom. The van der Waals surface area contributed by atoms with Crippen molar-refractivity contribution >= 4 is 9.84 Å². The smallest absolute Gasteiger partial charge is 0.179 e. The molecule has 0 aliphatic heterocycles. The quantitative estimate of drug-likeness (QED) is 0.560. The van der Waals surface area contributed by atoms with E-state index in [1.54, 1.807) is 0 Å². The number of rotatable bonds is 1. The molecule has 4 nitrogen and oxygen atoms in total. The van der Waals surface area contributed by atoms with E-state index in [-0.39, 0.29) is 4.90 Å². The molecule has 1 rings (SSSR count). The standard InChI is InChI=1S/C5H5N2O2S/c1-10(8,9)5-2-6-4-7-3-5/h2,4H,1H3. The van der Waals surface area contributed by atoms with E-state index in [4.69, 9.17) is 0 Å². The van der Waals surface area contributed by atoms with Crippen molar-refractivity contribution in [3.05, 3.63) is 18.7 Å². The van der Waals surface area contributed by atoms with Gasteiger partial charge in [0.1, 0.15) is 17.4 Å². The highest BCUT2D eigenvalue weighted by Crippen LogP contribution is 2.00. The largest absolute Gasteiger partial charge is 0.243 e. The van der Waals surface area contributed by atoms with Gasteiger partial charge < -0.3 is 0 Å². The van der Waals surface area contributed by atoms with Crippen LogP contribution in [0, 0.1) is 6.20 Å². The predicted molar refractivity (Wildman–Crippen MR) is 34.0 cm³/mol. The molecule has 0 fully saturated rings. The lowest BCUT2D eigenvalue weighted by molar-refractivity contribution is 0.600. The van der Waals surface area contributed by atoms with E-state index in [0.29, 0.717) is 0 Å². The SMILES string of the molecule is CS(=O)(=O)c1[c]ncnc1.